The molecule has 1 saturated carbocycles. The molecule has 3 aliphatic rings. The fourth-order valence-electron chi connectivity index (χ4n) is 5.80. The molecule has 5 N–H and O–H groups in total. The number of ether oxygens (including phenoxy) is 1. The third-order valence-electron chi connectivity index (χ3n) is 9.07. The SMILES string of the molecule is CN(/C=C\C(=N)OCCC1(C(F)(F)F)CC1)C1=CCC(C(N)=O)C(N2CC(CCCNc3ccc(S)cn3)CCC2(C)C=N)=N1. The smallest absolute Gasteiger partial charge is 0.394 e. The number of nitrogens with one attached hydrogen (secondary N) is 3. The molecule has 0 spiro atoms. The molecule has 3 atom stereocenters. The minimum Gasteiger partial charge on any atom is -0.478 e. The number of nitrogens with two attached hydrogens (primary N) is 1. The van der Waals surface area contributed by atoms with Crippen molar-refractivity contribution in [3.63, 3.8) is 0 Å². The number of rotatable bonds is 13. The Kier molecular flexibility index (Phi) is 10.9. The van der Waals surface area contributed by atoms with Gasteiger partial charge in [0.15, 0.2) is 0 Å². The Morgan fingerprint density at radius 3 is 2.71 bits per heavy atom. The molecule has 4 rings (SSSR count). The van der Waals surface area contributed by atoms with Crippen LogP contribution >= 0.6 is 12.6 Å². The van der Waals surface area contributed by atoms with Crippen molar-refractivity contribution in [2.45, 2.75) is 74.9 Å². The Bertz CT molecular complexity index is 1330. The first-order valence-electron chi connectivity index (χ1n) is 15.2. The highest BCUT2D eigenvalue weighted by Crippen LogP contribution is 2.59. The van der Waals surface area contributed by atoms with Crippen LogP contribution in [0.4, 0.5) is 19.0 Å². The highest BCUT2D eigenvalue weighted by atomic mass is 32.1. The van der Waals surface area contributed by atoms with E-state index in [1.54, 1.807) is 30.4 Å². The fourth-order valence-corrected chi connectivity index (χ4v) is 5.93. The van der Waals surface area contributed by atoms with E-state index >= 15 is 0 Å². The number of carbonyl (C=O) groups excluding carboxylic acids is 1. The minimum atomic E-state index is -4.25. The standard InChI is InChI=1S/C31H43F3N8O2S/c1-29(20-35)11-9-21(4-3-15-38-25-7-5-22(45)18-39-25)19-42(29)28-23(27(37)43)6-8-26(40-28)41(2)16-10-24(36)44-17-14-30(12-13-30)31(32,33)34/h5,7-8,10,16,18,20-21,23,35-36,45H,3-4,6,9,11-15,17,19H2,1-2H3,(H2,37,43)(H,38,39)/b16-10-,35-20?,36-24?. The van der Waals surface area contributed by atoms with Crippen molar-refractivity contribution in [3.05, 3.63) is 42.5 Å². The van der Waals surface area contributed by atoms with E-state index in [0.29, 0.717) is 30.5 Å². The normalized spacial score (nSPS) is 24.4. The van der Waals surface area contributed by atoms with E-state index in [1.165, 1.54) is 12.3 Å². The number of nitrogens with zero attached hydrogens (tertiary/aromatic N) is 4. The van der Waals surface area contributed by atoms with E-state index < -0.39 is 29.0 Å². The monoisotopic (exact) mass is 648 g/mol. The molecule has 3 unspecified atom stereocenters. The van der Waals surface area contributed by atoms with Crippen LogP contribution in [0.2, 0.25) is 0 Å². The molecule has 1 aromatic heterocycles. The first-order chi connectivity index (χ1) is 21.3. The van der Waals surface area contributed by atoms with Crippen LogP contribution in [0.25, 0.3) is 0 Å². The number of amidine groups is 1. The van der Waals surface area contributed by atoms with Gasteiger partial charge in [0.2, 0.25) is 11.8 Å². The molecule has 1 amide bonds. The highest BCUT2D eigenvalue weighted by molar-refractivity contribution is 7.80. The zero-order chi connectivity index (χ0) is 32.8. The van der Waals surface area contributed by atoms with Gasteiger partial charge >= 0.3 is 6.18 Å². The van der Waals surface area contributed by atoms with Crippen LogP contribution in [-0.4, -0.2) is 77.1 Å². The number of hydrogen-bond acceptors (Lipinski definition) is 10. The van der Waals surface area contributed by atoms with Crippen molar-refractivity contribution in [3.8, 4) is 0 Å². The number of carbonyl (C=O) groups is 1. The molecule has 0 radical (unpaired) electrons. The van der Waals surface area contributed by atoms with Crippen LogP contribution < -0.4 is 11.1 Å². The summed E-state index contributed by atoms with van der Waals surface area (Å²) in [7, 11) is 1.73. The van der Waals surface area contributed by atoms with E-state index in [9.17, 15) is 18.0 Å². The number of aliphatic imine (C=N–C) groups is 1. The largest absolute Gasteiger partial charge is 0.478 e. The van der Waals surface area contributed by atoms with Crippen LogP contribution in [0, 0.1) is 28.1 Å². The van der Waals surface area contributed by atoms with Gasteiger partial charge in [0, 0.05) is 49.7 Å². The highest BCUT2D eigenvalue weighted by Gasteiger charge is 2.62. The lowest BCUT2D eigenvalue weighted by atomic mass is 9.81. The molecule has 0 bridgehead atoms. The van der Waals surface area contributed by atoms with Gasteiger partial charge in [-0.2, -0.15) is 13.2 Å². The van der Waals surface area contributed by atoms with Crippen LogP contribution in [-0.2, 0) is 9.53 Å². The molecular weight excluding hydrogens is 605 g/mol. The summed E-state index contributed by atoms with van der Waals surface area (Å²) in [6, 6.07) is 3.77. The van der Waals surface area contributed by atoms with Crippen LogP contribution in [0.15, 0.2) is 52.4 Å². The van der Waals surface area contributed by atoms with Gasteiger partial charge in [-0.1, -0.05) is 0 Å². The summed E-state index contributed by atoms with van der Waals surface area (Å²) < 4.78 is 44.7. The number of amides is 1. The molecule has 2 fully saturated rings. The molecule has 1 saturated heterocycles. The average molecular weight is 649 g/mol. The third-order valence-corrected chi connectivity index (χ3v) is 9.34. The second-order valence-electron chi connectivity index (χ2n) is 12.4. The summed E-state index contributed by atoms with van der Waals surface area (Å²) in [5.74, 6) is 0.745. The number of thiol groups is 1. The Hall–Kier alpha value is -3.55. The van der Waals surface area contributed by atoms with Gasteiger partial charge in [-0.3, -0.25) is 10.2 Å². The molecule has 10 nitrogen and oxygen atoms in total. The second-order valence-corrected chi connectivity index (χ2v) is 12.9. The number of aromatic nitrogens is 1. The summed E-state index contributed by atoms with van der Waals surface area (Å²) in [4.78, 5) is 26.2. The van der Waals surface area contributed by atoms with E-state index in [1.807, 2.05) is 24.0 Å². The van der Waals surface area contributed by atoms with Gasteiger partial charge in [-0.25, -0.2) is 9.98 Å². The number of piperidine rings is 1. The molecule has 246 valence electrons. The van der Waals surface area contributed by atoms with E-state index in [-0.39, 0.29) is 31.8 Å². The van der Waals surface area contributed by atoms with Crippen molar-refractivity contribution in [2.75, 3.05) is 32.1 Å². The van der Waals surface area contributed by atoms with Crippen molar-refractivity contribution in [1.29, 1.82) is 10.8 Å². The van der Waals surface area contributed by atoms with Gasteiger partial charge in [0.25, 0.3) is 0 Å². The lowest BCUT2D eigenvalue weighted by Gasteiger charge is -2.49. The van der Waals surface area contributed by atoms with Crippen LogP contribution in [0.1, 0.15) is 58.3 Å². The molecule has 2 aliphatic heterocycles. The molecule has 1 aliphatic carbocycles. The maximum atomic E-state index is 13.2. The summed E-state index contributed by atoms with van der Waals surface area (Å²) >= 11 is 4.26. The maximum absolute atomic E-state index is 13.2. The number of anilines is 1. The van der Waals surface area contributed by atoms with E-state index in [0.717, 1.165) is 42.9 Å². The molecule has 45 heavy (non-hydrogen) atoms. The lowest BCUT2D eigenvalue weighted by molar-refractivity contribution is -0.190. The Morgan fingerprint density at radius 1 is 1.33 bits per heavy atom. The van der Waals surface area contributed by atoms with Gasteiger partial charge in [0.1, 0.15) is 17.5 Å². The first kappa shape index (κ1) is 34.3. The third kappa shape index (κ3) is 8.59. The van der Waals surface area contributed by atoms with Crippen LogP contribution in [0.5, 0.6) is 0 Å². The number of allylic oxidation sites excluding steroid dienone is 1. The number of likely N-dealkylation sites (tertiary alicyclic amines) is 1. The van der Waals surface area contributed by atoms with E-state index in [4.69, 9.17) is 26.3 Å². The summed E-state index contributed by atoms with van der Waals surface area (Å²) in [5.41, 5.74) is 3.52. The molecule has 1 aromatic rings. The first-order valence-corrected chi connectivity index (χ1v) is 15.7. The summed E-state index contributed by atoms with van der Waals surface area (Å²) in [6.45, 7) is 3.16. The minimum absolute atomic E-state index is 0.0994. The Balaban J connectivity index is 1.38. The predicted molar refractivity (Wildman–Crippen MR) is 172 cm³/mol. The van der Waals surface area contributed by atoms with Crippen molar-refractivity contribution in [2.24, 2.45) is 28.0 Å². The van der Waals surface area contributed by atoms with Crippen molar-refractivity contribution >= 4 is 42.3 Å². The van der Waals surface area contributed by atoms with Gasteiger partial charge in [-0.15, -0.1) is 12.6 Å². The zero-order valence-corrected chi connectivity index (χ0v) is 26.6. The average Bonchev–Trinajstić information content (AvgIpc) is 3.81. The van der Waals surface area contributed by atoms with Crippen molar-refractivity contribution < 1.29 is 22.7 Å². The number of primary amides is 1. The second kappa shape index (κ2) is 14.3. The van der Waals surface area contributed by atoms with Gasteiger partial charge < -0.3 is 31.0 Å². The number of hydrogen-bond donors (Lipinski definition) is 5. The number of halogens is 3. The molecule has 14 heteroatoms. The maximum Gasteiger partial charge on any atom is 0.394 e. The zero-order valence-electron chi connectivity index (χ0n) is 25.7. The number of alkyl halides is 3. The number of pyridine rings is 1. The molecule has 3 heterocycles. The quantitative estimate of drug-likeness (QED) is 0.0816. The lowest BCUT2D eigenvalue weighted by Crippen LogP contribution is -2.59. The van der Waals surface area contributed by atoms with Gasteiger partial charge in [0.05, 0.1) is 23.5 Å². The van der Waals surface area contributed by atoms with Crippen LogP contribution in [0.3, 0.4) is 0 Å². The molecular formula is C31H43F3N8O2S. The Morgan fingerprint density at radius 2 is 2.09 bits per heavy atom. The van der Waals surface area contributed by atoms with Crippen molar-refractivity contribution in [1.82, 2.24) is 14.8 Å². The van der Waals surface area contributed by atoms with E-state index in [2.05, 4.69) is 22.9 Å². The fraction of sp³-hybridized carbons (Fsp3) is 0.581. The summed E-state index contributed by atoms with van der Waals surface area (Å²) in [5, 5.41) is 19.6. The van der Waals surface area contributed by atoms with Gasteiger partial charge in [-0.05, 0) is 82.4 Å². The predicted octanol–water partition coefficient (Wildman–Crippen LogP) is 5.60. The molecule has 0 aromatic carbocycles. The Labute approximate surface area is 267 Å². The summed E-state index contributed by atoms with van der Waals surface area (Å²) in [6.07, 6.45) is 7.42. The topological polar surface area (TPSA) is 144 Å².